The number of nitrogens with two attached hydrogens (primary N) is 1. The third-order valence-electron chi connectivity index (χ3n) is 2.51. The number of rotatable bonds is 3. The van der Waals surface area contributed by atoms with Gasteiger partial charge in [-0.15, -0.1) is 13.2 Å². The van der Waals surface area contributed by atoms with Gasteiger partial charge in [0.05, 0.1) is 0 Å². The molecule has 1 aliphatic carbocycles. The van der Waals surface area contributed by atoms with Crippen LogP contribution >= 0.6 is 0 Å². The Balaban J connectivity index is 2.25. The first-order chi connectivity index (χ1) is 7.48. The molecule has 1 aliphatic rings. The number of alkyl halides is 3. The van der Waals surface area contributed by atoms with Crippen LogP contribution in [0.15, 0.2) is 18.2 Å². The van der Waals surface area contributed by atoms with Crippen molar-refractivity contribution in [3.8, 4) is 5.75 Å². The third kappa shape index (κ3) is 2.88. The number of hydrogen-bond acceptors (Lipinski definition) is 2. The second-order valence-electron chi connectivity index (χ2n) is 3.94. The van der Waals surface area contributed by atoms with Crippen LogP contribution in [0.1, 0.15) is 29.9 Å². The fourth-order valence-corrected chi connectivity index (χ4v) is 1.65. The van der Waals surface area contributed by atoms with E-state index >= 15 is 0 Å². The summed E-state index contributed by atoms with van der Waals surface area (Å²) in [7, 11) is 0. The molecular formula is C11H12F3NO. The molecule has 0 radical (unpaired) electrons. The molecule has 88 valence electrons. The smallest absolute Gasteiger partial charge is 0.406 e. The van der Waals surface area contributed by atoms with Gasteiger partial charge in [-0.2, -0.15) is 0 Å². The summed E-state index contributed by atoms with van der Waals surface area (Å²) in [5.41, 5.74) is 7.00. The van der Waals surface area contributed by atoms with E-state index in [1.807, 2.05) is 6.07 Å². The Labute approximate surface area is 91.2 Å². The van der Waals surface area contributed by atoms with Crippen LogP contribution in [0, 0.1) is 0 Å². The Morgan fingerprint density at radius 2 is 1.94 bits per heavy atom. The van der Waals surface area contributed by atoms with Gasteiger partial charge in [0.2, 0.25) is 0 Å². The minimum absolute atomic E-state index is 0.169. The SMILES string of the molecule is NCc1cc(OC(F)(F)F)cc(C2CC2)c1. The van der Waals surface area contributed by atoms with Gasteiger partial charge in [-0.3, -0.25) is 0 Å². The van der Waals surface area contributed by atoms with Crippen LogP contribution in [0.25, 0.3) is 0 Å². The zero-order valence-electron chi connectivity index (χ0n) is 8.55. The number of ether oxygens (including phenoxy) is 1. The molecule has 5 heteroatoms. The van der Waals surface area contributed by atoms with Crippen molar-refractivity contribution in [3.63, 3.8) is 0 Å². The lowest BCUT2D eigenvalue weighted by Gasteiger charge is -2.11. The second-order valence-corrected chi connectivity index (χ2v) is 3.94. The summed E-state index contributed by atoms with van der Waals surface area (Å²) >= 11 is 0. The molecule has 0 bridgehead atoms. The Morgan fingerprint density at radius 3 is 2.44 bits per heavy atom. The molecule has 0 unspecified atom stereocenters. The topological polar surface area (TPSA) is 35.2 Å². The van der Waals surface area contributed by atoms with Crippen molar-refractivity contribution >= 4 is 0 Å². The van der Waals surface area contributed by atoms with Gasteiger partial charge >= 0.3 is 6.36 Å². The predicted octanol–water partition coefficient (Wildman–Crippen LogP) is 2.92. The van der Waals surface area contributed by atoms with Crippen LogP contribution in [0.2, 0.25) is 0 Å². The molecule has 2 nitrogen and oxygen atoms in total. The van der Waals surface area contributed by atoms with E-state index in [0.29, 0.717) is 11.5 Å². The normalized spacial score (nSPS) is 16.2. The van der Waals surface area contributed by atoms with Crippen molar-refractivity contribution in [2.75, 3.05) is 0 Å². The fourth-order valence-electron chi connectivity index (χ4n) is 1.65. The van der Waals surface area contributed by atoms with Crippen molar-refractivity contribution < 1.29 is 17.9 Å². The van der Waals surface area contributed by atoms with Crippen LogP contribution in [0.3, 0.4) is 0 Å². The van der Waals surface area contributed by atoms with Gasteiger partial charge in [0.15, 0.2) is 0 Å². The summed E-state index contributed by atoms with van der Waals surface area (Å²) in [6.07, 6.45) is -2.59. The molecule has 0 spiro atoms. The Morgan fingerprint density at radius 1 is 1.25 bits per heavy atom. The van der Waals surface area contributed by atoms with Crippen molar-refractivity contribution in [1.82, 2.24) is 0 Å². The Kier molecular flexibility index (Phi) is 2.80. The minimum atomic E-state index is -4.64. The summed E-state index contributed by atoms with van der Waals surface area (Å²) in [4.78, 5) is 0. The van der Waals surface area contributed by atoms with Crippen LogP contribution < -0.4 is 10.5 Å². The van der Waals surface area contributed by atoms with Crippen molar-refractivity contribution in [2.45, 2.75) is 31.7 Å². The lowest BCUT2D eigenvalue weighted by atomic mass is 10.1. The quantitative estimate of drug-likeness (QED) is 0.868. The van der Waals surface area contributed by atoms with E-state index in [1.165, 1.54) is 12.1 Å². The highest BCUT2D eigenvalue weighted by Crippen LogP contribution is 2.42. The average Bonchev–Trinajstić information content (AvgIpc) is 2.97. The fraction of sp³-hybridized carbons (Fsp3) is 0.455. The van der Waals surface area contributed by atoms with Gasteiger partial charge in [-0.1, -0.05) is 6.07 Å². The van der Waals surface area contributed by atoms with E-state index in [4.69, 9.17) is 5.73 Å². The molecule has 1 aromatic carbocycles. The van der Waals surface area contributed by atoms with E-state index in [-0.39, 0.29) is 12.3 Å². The molecule has 0 aliphatic heterocycles. The zero-order chi connectivity index (χ0) is 11.8. The molecule has 0 saturated heterocycles. The lowest BCUT2D eigenvalue weighted by Crippen LogP contribution is -2.17. The molecule has 0 aromatic heterocycles. The van der Waals surface area contributed by atoms with Gasteiger partial charge in [0.1, 0.15) is 5.75 Å². The van der Waals surface area contributed by atoms with E-state index in [9.17, 15) is 13.2 Å². The van der Waals surface area contributed by atoms with Crippen LogP contribution in [0.4, 0.5) is 13.2 Å². The monoisotopic (exact) mass is 231 g/mol. The van der Waals surface area contributed by atoms with Gasteiger partial charge in [-0.05, 0) is 42.0 Å². The summed E-state index contributed by atoms with van der Waals surface area (Å²) in [5.74, 6) is 0.208. The van der Waals surface area contributed by atoms with Gasteiger partial charge in [0, 0.05) is 6.54 Å². The van der Waals surface area contributed by atoms with Crippen LogP contribution in [-0.2, 0) is 6.54 Å². The van der Waals surface area contributed by atoms with E-state index < -0.39 is 6.36 Å². The number of hydrogen-bond donors (Lipinski definition) is 1. The summed E-state index contributed by atoms with van der Waals surface area (Å²) in [6.45, 7) is 0.217. The van der Waals surface area contributed by atoms with Gasteiger partial charge < -0.3 is 10.5 Å². The Bertz CT molecular complexity index is 385. The number of halogens is 3. The van der Waals surface area contributed by atoms with Crippen molar-refractivity contribution in [2.24, 2.45) is 5.73 Å². The maximum absolute atomic E-state index is 12.1. The third-order valence-corrected chi connectivity index (χ3v) is 2.51. The first kappa shape index (κ1) is 11.3. The standard InChI is InChI=1S/C11H12F3NO/c12-11(13,14)16-10-4-7(6-15)3-9(5-10)8-1-2-8/h3-5,8H,1-2,6,15H2. The molecule has 2 N–H and O–H groups in total. The zero-order valence-corrected chi connectivity index (χ0v) is 8.55. The first-order valence-electron chi connectivity index (χ1n) is 5.07. The number of benzene rings is 1. The maximum atomic E-state index is 12.1. The average molecular weight is 231 g/mol. The molecule has 0 amide bonds. The first-order valence-corrected chi connectivity index (χ1v) is 5.07. The minimum Gasteiger partial charge on any atom is -0.406 e. The molecule has 1 aromatic rings. The second kappa shape index (κ2) is 3.97. The van der Waals surface area contributed by atoms with Gasteiger partial charge in [-0.25, -0.2) is 0 Å². The van der Waals surface area contributed by atoms with E-state index in [1.54, 1.807) is 0 Å². The highest BCUT2D eigenvalue weighted by Gasteiger charge is 2.32. The molecule has 2 rings (SSSR count). The molecule has 1 saturated carbocycles. The molecule has 0 heterocycles. The summed E-state index contributed by atoms with van der Waals surface area (Å²) < 4.78 is 40.1. The maximum Gasteiger partial charge on any atom is 0.573 e. The highest BCUT2D eigenvalue weighted by atomic mass is 19.4. The predicted molar refractivity (Wildman–Crippen MR) is 53.0 cm³/mol. The van der Waals surface area contributed by atoms with Crippen molar-refractivity contribution in [3.05, 3.63) is 29.3 Å². The largest absolute Gasteiger partial charge is 0.573 e. The lowest BCUT2D eigenvalue weighted by molar-refractivity contribution is -0.274. The van der Waals surface area contributed by atoms with E-state index in [2.05, 4.69) is 4.74 Å². The van der Waals surface area contributed by atoms with Crippen LogP contribution in [-0.4, -0.2) is 6.36 Å². The molecule has 1 fully saturated rings. The highest BCUT2D eigenvalue weighted by molar-refractivity contribution is 5.38. The summed E-state index contributed by atoms with van der Waals surface area (Å²) in [5, 5.41) is 0. The van der Waals surface area contributed by atoms with E-state index in [0.717, 1.165) is 18.4 Å². The molecular weight excluding hydrogens is 219 g/mol. The van der Waals surface area contributed by atoms with Crippen molar-refractivity contribution in [1.29, 1.82) is 0 Å². The molecule has 0 atom stereocenters. The Hall–Kier alpha value is -1.23. The summed E-state index contributed by atoms with van der Waals surface area (Å²) in [6, 6.07) is 4.63. The molecule has 16 heavy (non-hydrogen) atoms. The van der Waals surface area contributed by atoms with Gasteiger partial charge in [0.25, 0.3) is 0 Å². The van der Waals surface area contributed by atoms with Crippen LogP contribution in [0.5, 0.6) is 5.75 Å².